The number of aryl methyl sites for hydroxylation is 3. The first-order valence-corrected chi connectivity index (χ1v) is 8.34. The first kappa shape index (κ1) is 17.5. The lowest BCUT2D eigenvalue weighted by molar-refractivity contribution is -0.120. The van der Waals surface area contributed by atoms with Crippen LogP contribution in [0.15, 0.2) is 41.5 Å². The minimum atomic E-state index is -0.199. The smallest absolute Gasteiger partial charge is 0.261 e. The van der Waals surface area contributed by atoms with Crippen molar-refractivity contribution in [3.05, 3.63) is 58.4 Å². The summed E-state index contributed by atoms with van der Waals surface area (Å²) in [5, 5.41) is 0.577. The van der Waals surface area contributed by atoms with E-state index in [4.69, 9.17) is 0 Å². The van der Waals surface area contributed by atoms with E-state index in [0.717, 1.165) is 11.4 Å². The van der Waals surface area contributed by atoms with Gasteiger partial charge in [-0.1, -0.05) is 12.1 Å². The molecule has 3 aromatic rings. The van der Waals surface area contributed by atoms with Crippen LogP contribution in [0, 0.1) is 13.8 Å². The maximum Gasteiger partial charge on any atom is 0.261 e. The number of para-hydroxylation sites is 1. The average molecular weight is 352 g/mol. The van der Waals surface area contributed by atoms with E-state index in [9.17, 15) is 9.59 Å². The van der Waals surface area contributed by atoms with Gasteiger partial charge in [0.1, 0.15) is 0 Å². The van der Waals surface area contributed by atoms with Crippen molar-refractivity contribution < 1.29 is 4.79 Å². The van der Waals surface area contributed by atoms with Gasteiger partial charge in [0.05, 0.1) is 17.2 Å². The van der Waals surface area contributed by atoms with Gasteiger partial charge in [-0.05, 0) is 38.5 Å². The van der Waals surface area contributed by atoms with E-state index in [0.29, 0.717) is 29.8 Å². The Morgan fingerprint density at radius 1 is 1.15 bits per heavy atom. The van der Waals surface area contributed by atoms with Gasteiger partial charge < -0.3 is 0 Å². The average Bonchev–Trinajstić information content (AvgIpc) is 2.61. The molecule has 0 bridgehead atoms. The van der Waals surface area contributed by atoms with Crippen LogP contribution in [0.3, 0.4) is 0 Å². The predicted molar refractivity (Wildman–Crippen MR) is 98.5 cm³/mol. The van der Waals surface area contributed by atoms with Gasteiger partial charge in [0.25, 0.3) is 5.56 Å². The van der Waals surface area contributed by atoms with E-state index in [1.54, 1.807) is 12.1 Å². The molecule has 0 atom stereocenters. The molecular formula is C18H20N6O2. The maximum atomic E-state index is 12.4. The van der Waals surface area contributed by atoms with Crippen LogP contribution in [0.1, 0.15) is 24.2 Å². The summed E-state index contributed by atoms with van der Waals surface area (Å²) in [5.74, 6) is 0.153. The zero-order chi connectivity index (χ0) is 18.5. The number of hydrogen-bond donors (Lipinski definition) is 2. The summed E-state index contributed by atoms with van der Waals surface area (Å²) < 4.78 is 1.52. The Hall–Kier alpha value is -3.29. The molecule has 1 amide bonds. The Balaban J connectivity index is 1.52. The number of hydrazine groups is 1. The summed E-state index contributed by atoms with van der Waals surface area (Å²) in [5.41, 5.74) is 7.48. The third-order valence-corrected chi connectivity index (χ3v) is 3.83. The van der Waals surface area contributed by atoms with Crippen LogP contribution in [-0.2, 0) is 11.3 Å². The molecule has 3 rings (SSSR count). The van der Waals surface area contributed by atoms with E-state index in [-0.39, 0.29) is 17.9 Å². The molecule has 2 N–H and O–H groups in total. The lowest BCUT2D eigenvalue weighted by Crippen LogP contribution is -2.30. The fourth-order valence-corrected chi connectivity index (χ4v) is 2.65. The standard InChI is InChI=1S/C18H20N6O2/c1-12-10-13(2)21-18(20-12)23-22-16(25)8-5-9-24-11-19-15-7-4-3-6-14(15)17(24)26/h3-4,6-7,10-11H,5,8-9H2,1-2H3,(H,22,25)(H,20,21,23). The molecular weight excluding hydrogens is 332 g/mol. The third kappa shape index (κ3) is 4.21. The number of nitrogens with one attached hydrogen (secondary N) is 2. The van der Waals surface area contributed by atoms with Crippen LogP contribution >= 0.6 is 0 Å². The van der Waals surface area contributed by atoms with Crippen LogP contribution in [0.4, 0.5) is 5.95 Å². The van der Waals surface area contributed by atoms with Gasteiger partial charge in [-0.15, -0.1) is 0 Å². The Labute approximate surface area is 150 Å². The molecule has 8 nitrogen and oxygen atoms in total. The van der Waals surface area contributed by atoms with Crippen molar-refractivity contribution >= 4 is 22.8 Å². The summed E-state index contributed by atoms with van der Waals surface area (Å²) in [4.78, 5) is 36.9. The topological polar surface area (TPSA) is 102 Å². The molecule has 0 fully saturated rings. The molecule has 0 aliphatic carbocycles. The van der Waals surface area contributed by atoms with Crippen LogP contribution in [0.2, 0.25) is 0 Å². The second-order valence-electron chi connectivity index (χ2n) is 6.01. The van der Waals surface area contributed by atoms with Crippen LogP contribution < -0.4 is 16.4 Å². The quantitative estimate of drug-likeness (QED) is 0.655. The fraction of sp³-hybridized carbons (Fsp3) is 0.278. The lowest BCUT2D eigenvalue weighted by Gasteiger charge is -2.09. The van der Waals surface area contributed by atoms with Crippen molar-refractivity contribution in [2.75, 3.05) is 5.43 Å². The number of carbonyl (C=O) groups is 1. The van der Waals surface area contributed by atoms with Gasteiger partial charge in [-0.2, -0.15) is 0 Å². The Kier molecular flexibility index (Phi) is 5.21. The van der Waals surface area contributed by atoms with Crippen molar-refractivity contribution in [2.24, 2.45) is 0 Å². The number of rotatable bonds is 6. The van der Waals surface area contributed by atoms with Gasteiger partial charge in [-0.3, -0.25) is 25.0 Å². The van der Waals surface area contributed by atoms with Crippen molar-refractivity contribution in [3.63, 3.8) is 0 Å². The highest BCUT2D eigenvalue weighted by atomic mass is 16.2. The third-order valence-electron chi connectivity index (χ3n) is 3.83. The summed E-state index contributed by atoms with van der Waals surface area (Å²) in [6, 6.07) is 9.05. The van der Waals surface area contributed by atoms with Crippen molar-refractivity contribution in [2.45, 2.75) is 33.2 Å². The van der Waals surface area contributed by atoms with Gasteiger partial charge in [-0.25, -0.2) is 15.0 Å². The predicted octanol–water partition coefficient (Wildman–Crippen LogP) is 1.73. The highest BCUT2D eigenvalue weighted by molar-refractivity contribution is 5.77. The number of fused-ring (bicyclic) bond motifs is 1. The van der Waals surface area contributed by atoms with E-state index in [2.05, 4.69) is 25.8 Å². The summed E-state index contributed by atoms with van der Waals surface area (Å²) in [6.07, 6.45) is 2.29. The lowest BCUT2D eigenvalue weighted by atomic mass is 10.2. The molecule has 0 spiro atoms. The van der Waals surface area contributed by atoms with Gasteiger partial charge in [0.15, 0.2) is 0 Å². The maximum absolute atomic E-state index is 12.4. The SMILES string of the molecule is Cc1cc(C)nc(NNC(=O)CCCn2cnc3ccccc3c2=O)n1. The van der Waals surface area contributed by atoms with Crippen molar-refractivity contribution in [1.29, 1.82) is 0 Å². The number of benzene rings is 1. The largest absolute Gasteiger partial charge is 0.299 e. The van der Waals surface area contributed by atoms with E-state index in [1.807, 2.05) is 32.0 Å². The van der Waals surface area contributed by atoms with E-state index in [1.165, 1.54) is 10.9 Å². The number of nitrogens with zero attached hydrogens (tertiary/aromatic N) is 4. The van der Waals surface area contributed by atoms with E-state index >= 15 is 0 Å². The molecule has 2 aromatic heterocycles. The molecule has 0 radical (unpaired) electrons. The first-order valence-electron chi connectivity index (χ1n) is 8.34. The van der Waals surface area contributed by atoms with E-state index < -0.39 is 0 Å². The van der Waals surface area contributed by atoms with Crippen LogP contribution in [-0.4, -0.2) is 25.4 Å². The Bertz CT molecular complexity index is 978. The Morgan fingerprint density at radius 3 is 2.65 bits per heavy atom. The van der Waals surface area contributed by atoms with Gasteiger partial charge in [0, 0.05) is 24.4 Å². The number of hydrogen-bond acceptors (Lipinski definition) is 6. The van der Waals surface area contributed by atoms with Crippen molar-refractivity contribution in [3.8, 4) is 0 Å². The molecule has 26 heavy (non-hydrogen) atoms. The molecule has 2 heterocycles. The molecule has 134 valence electrons. The van der Waals surface area contributed by atoms with Gasteiger partial charge >= 0.3 is 0 Å². The molecule has 0 aliphatic rings. The normalized spacial score (nSPS) is 10.7. The zero-order valence-corrected chi connectivity index (χ0v) is 14.7. The molecule has 0 saturated heterocycles. The number of carbonyl (C=O) groups excluding carboxylic acids is 1. The summed E-state index contributed by atoms with van der Waals surface area (Å²) >= 11 is 0. The van der Waals surface area contributed by atoms with Crippen LogP contribution in [0.5, 0.6) is 0 Å². The summed E-state index contributed by atoms with van der Waals surface area (Å²) in [6.45, 7) is 4.14. The molecule has 1 aromatic carbocycles. The molecule has 0 unspecified atom stereocenters. The highest BCUT2D eigenvalue weighted by Crippen LogP contribution is 2.05. The molecule has 0 aliphatic heterocycles. The monoisotopic (exact) mass is 352 g/mol. The summed E-state index contributed by atoms with van der Waals surface area (Å²) in [7, 11) is 0. The highest BCUT2D eigenvalue weighted by Gasteiger charge is 2.06. The number of aromatic nitrogens is 4. The molecule has 8 heteroatoms. The first-order chi connectivity index (χ1) is 12.5. The fourth-order valence-electron chi connectivity index (χ4n) is 2.65. The van der Waals surface area contributed by atoms with Gasteiger partial charge in [0.2, 0.25) is 11.9 Å². The van der Waals surface area contributed by atoms with Crippen molar-refractivity contribution in [1.82, 2.24) is 24.9 Å². The second kappa shape index (κ2) is 7.73. The minimum absolute atomic E-state index is 0.0993. The van der Waals surface area contributed by atoms with Crippen LogP contribution in [0.25, 0.3) is 10.9 Å². The zero-order valence-electron chi connectivity index (χ0n) is 14.7. The second-order valence-corrected chi connectivity index (χ2v) is 6.01. The molecule has 0 saturated carbocycles. The minimum Gasteiger partial charge on any atom is -0.299 e. The number of amides is 1. The Morgan fingerprint density at radius 2 is 1.88 bits per heavy atom. The number of anilines is 1.